The summed E-state index contributed by atoms with van der Waals surface area (Å²) in [5.41, 5.74) is 11.0. The van der Waals surface area contributed by atoms with Gasteiger partial charge < -0.3 is 10.4 Å². The van der Waals surface area contributed by atoms with E-state index in [2.05, 4.69) is 16.2 Å². The Morgan fingerprint density at radius 3 is 2.54 bits per heavy atom. The van der Waals surface area contributed by atoms with E-state index in [0.717, 1.165) is 27.9 Å². The predicted octanol–water partition coefficient (Wildman–Crippen LogP) is 2.86. The molecule has 0 bridgehead atoms. The summed E-state index contributed by atoms with van der Waals surface area (Å²) < 4.78 is 0. The molecule has 5 heteroatoms. The number of nitrogens with one attached hydrogen (secondary N) is 3. The van der Waals surface area contributed by atoms with Crippen molar-refractivity contribution in [2.24, 2.45) is 0 Å². The first-order valence-corrected chi connectivity index (χ1v) is 8.13. The van der Waals surface area contributed by atoms with Crippen molar-refractivity contribution in [3.63, 3.8) is 0 Å². The fourth-order valence-corrected chi connectivity index (χ4v) is 3.11. The first-order chi connectivity index (χ1) is 11.5. The summed E-state index contributed by atoms with van der Waals surface area (Å²) in [7, 11) is 0. The van der Waals surface area contributed by atoms with Crippen molar-refractivity contribution in [3.8, 4) is 5.75 Å². The molecule has 0 aromatic heterocycles. The van der Waals surface area contributed by atoms with Gasteiger partial charge in [0.15, 0.2) is 0 Å². The van der Waals surface area contributed by atoms with Crippen LogP contribution in [-0.4, -0.2) is 17.1 Å². The maximum Gasteiger partial charge on any atom is 0.242 e. The van der Waals surface area contributed by atoms with E-state index in [1.165, 1.54) is 0 Å². The van der Waals surface area contributed by atoms with Gasteiger partial charge in [-0.25, -0.2) is 10.9 Å². The van der Waals surface area contributed by atoms with Crippen LogP contribution in [0, 0.1) is 20.8 Å². The van der Waals surface area contributed by atoms with E-state index >= 15 is 0 Å². The molecule has 1 amide bonds. The molecule has 1 aliphatic rings. The van der Waals surface area contributed by atoms with Crippen LogP contribution in [-0.2, 0) is 4.79 Å². The van der Waals surface area contributed by atoms with E-state index in [-0.39, 0.29) is 23.7 Å². The third kappa shape index (κ3) is 3.27. The Balaban J connectivity index is 1.71. The van der Waals surface area contributed by atoms with Gasteiger partial charge in [-0.3, -0.25) is 4.79 Å². The number of amides is 1. The SMILES string of the molecule is Cc1ccc(O)c(C2CC(C(=O)Nc3c(C)cccc3C)NN2)c1. The number of phenolic OH excluding ortho intramolecular Hbond substituents is 1. The lowest BCUT2D eigenvalue weighted by molar-refractivity contribution is -0.117. The predicted molar refractivity (Wildman–Crippen MR) is 94.8 cm³/mol. The highest BCUT2D eigenvalue weighted by Crippen LogP contribution is 2.30. The lowest BCUT2D eigenvalue weighted by Crippen LogP contribution is -2.39. The van der Waals surface area contributed by atoms with E-state index in [1.54, 1.807) is 6.07 Å². The average molecular weight is 325 g/mol. The van der Waals surface area contributed by atoms with Gasteiger partial charge in [0.05, 0.1) is 6.04 Å². The summed E-state index contributed by atoms with van der Waals surface area (Å²) in [5, 5.41) is 13.1. The van der Waals surface area contributed by atoms with Gasteiger partial charge in [-0.15, -0.1) is 0 Å². The van der Waals surface area contributed by atoms with Crippen molar-refractivity contribution >= 4 is 11.6 Å². The van der Waals surface area contributed by atoms with Crippen molar-refractivity contribution in [2.75, 3.05) is 5.32 Å². The lowest BCUT2D eigenvalue weighted by Gasteiger charge is -2.15. The molecule has 0 radical (unpaired) electrons. The van der Waals surface area contributed by atoms with Crippen LogP contribution in [0.4, 0.5) is 5.69 Å². The van der Waals surface area contributed by atoms with Crippen LogP contribution in [0.2, 0.25) is 0 Å². The third-order valence-electron chi connectivity index (χ3n) is 4.51. The molecule has 0 spiro atoms. The minimum atomic E-state index is -0.353. The molecule has 2 aromatic rings. The smallest absolute Gasteiger partial charge is 0.242 e. The van der Waals surface area contributed by atoms with E-state index in [4.69, 9.17) is 0 Å². The average Bonchev–Trinajstić information content (AvgIpc) is 3.03. The van der Waals surface area contributed by atoms with E-state index in [0.29, 0.717) is 6.42 Å². The maximum absolute atomic E-state index is 12.6. The minimum absolute atomic E-state index is 0.0745. The minimum Gasteiger partial charge on any atom is -0.508 e. The number of aryl methyl sites for hydroxylation is 3. The molecule has 2 aromatic carbocycles. The highest BCUT2D eigenvalue weighted by molar-refractivity contribution is 5.96. The van der Waals surface area contributed by atoms with Gasteiger partial charge in [0.1, 0.15) is 11.8 Å². The molecule has 1 heterocycles. The Kier molecular flexibility index (Phi) is 4.55. The highest BCUT2D eigenvalue weighted by Gasteiger charge is 2.31. The lowest BCUT2D eigenvalue weighted by atomic mass is 9.99. The largest absolute Gasteiger partial charge is 0.508 e. The zero-order valence-electron chi connectivity index (χ0n) is 14.2. The second-order valence-electron chi connectivity index (χ2n) is 6.45. The zero-order valence-corrected chi connectivity index (χ0v) is 14.2. The van der Waals surface area contributed by atoms with Crippen LogP contribution < -0.4 is 16.2 Å². The molecule has 0 saturated carbocycles. The Labute approximate surface area is 142 Å². The molecular weight excluding hydrogens is 302 g/mol. The van der Waals surface area contributed by atoms with Crippen molar-refractivity contribution in [2.45, 2.75) is 39.3 Å². The van der Waals surface area contributed by atoms with Crippen molar-refractivity contribution in [1.29, 1.82) is 0 Å². The number of hydrogen-bond donors (Lipinski definition) is 4. The van der Waals surface area contributed by atoms with E-state index in [1.807, 2.05) is 51.1 Å². The van der Waals surface area contributed by atoms with Crippen molar-refractivity contribution < 1.29 is 9.90 Å². The van der Waals surface area contributed by atoms with Gasteiger partial charge in [-0.05, 0) is 44.4 Å². The van der Waals surface area contributed by atoms with Gasteiger partial charge >= 0.3 is 0 Å². The quantitative estimate of drug-likeness (QED) is 0.700. The van der Waals surface area contributed by atoms with Gasteiger partial charge in [-0.2, -0.15) is 0 Å². The van der Waals surface area contributed by atoms with Crippen LogP contribution in [0.1, 0.15) is 34.7 Å². The molecule has 2 atom stereocenters. The number of carbonyl (C=O) groups is 1. The van der Waals surface area contributed by atoms with E-state index in [9.17, 15) is 9.90 Å². The standard InChI is InChI=1S/C19H23N3O2/c1-11-7-8-17(23)14(9-11)15-10-16(22-21-15)19(24)20-18-12(2)5-4-6-13(18)3/h4-9,15-16,21-23H,10H2,1-3H3,(H,20,24). The molecule has 4 N–H and O–H groups in total. The van der Waals surface area contributed by atoms with Crippen molar-refractivity contribution in [3.05, 3.63) is 58.7 Å². The normalized spacial score (nSPS) is 20.1. The summed E-state index contributed by atoms with van der Waals surface area (Å²) in [6, 6.07) is 11.0. The first kappa shape index (κ1) is 16.5. The van der Waals surface area contributed by atoms with Crippen LogP contribution >= 0.6 is 0 Å². The molecule has 1 saturated heterocycles. The number of benzene rings is 2. The molecule has 126 valence electrons. The molecule has 3 rings (SSSR count). The monoisotopic (exact) mass is 325 g/mol. The molecule has 1 fully saturated rings. The molecule has 1 aliphatic heterocycles. The van der Waals surface area contributed by atoms with E-state index < -0.39 is 0 Å². The number of para-hydroxylation sites is 1. The van der Waals surface area contributed by atoms with Crippen LogP contribution in [0.5, 0.6) is 5.75 Å². The Morgan fingerprint density at radius 2 is 1.83 bits per heavy atom. The fraction of sp³-hybridized carbons (Fsp3) is 0.316. The first-order valence-electron chi connectivity index (χ1n) is 8.13. The van der Waals surface area contributed by atoms with Gasteiger partial charge in [0.2, 0.25) is 5.91 Å². The van der Waals surface area contributed by atoms with Crippen LogP contribution in [0.25, 0.3) is 0 Å². The number of carbonyl (C=O) groups excluding carboxylic acids is 1. The summed E-state index contributed by atoms with van der Waals surface area (Å²) in [6.45, 7) is 5.95. The number of aromatic hydroxyl groups is 1. The number of hydrogen-bond acceptors (Lipinski definition) is 4. The summed E-state index contributed by atoms with van der Waals surface area (Å²) in [6.07, 6.45) is 0.577. The van der Waals surface area contributed by atoms with Gasteiger partial charge in [-0.1, -0.05) is 35.9 Å². The number of phenols is 1. The molecule has 5 nitrogen and oxygen atoms in total. The Bertz CT molecular complexity index is 753. The van der Waals surface area contributed by atoms with Crippen molar-refractivity contribution in [1.82, 2.24) is 10.9 Å². The Morgan fingerprint density at radius 1 is 1.12 bits per heavy atom. The fourth-order valence-electron chi connectivity index (χ4n) is 3.11. The third-order valence-corrected chi connectivity index (χ3v) is 4.51. The summed E-state index contributed by atoms with van der Waals surface area (Å²) in [5.74, 6) is 0.172. The van der Waals surface area contributed by atoms with Gasteiger partial charge in [0.25, 0.3) is 0 Å². The maximum atomic E-state index is 12.6. The molecule has 0 aliphatic carbocycles. The summed E-state index contributed by atoms with van der Waals surface area (Å²) >= 11 is 0. The number of rotatable bonds is 3. The molecule has 2 unspecified atom stereocenters. The topological polar surface area (TPSA) is 73.4 Å². The number of anilines is 1. The summed E-state index contributed by atoms with van der Waals surface area (Å²) in [4.78, 5) is 12.6. The molecule has 24 heavy (non-hydrogen) atoms. The van der Waals surface area contributed by atoms with Crippen LogP contribution in [0.15, 0.2) is 36.4 Å². The second-order valence-corrected chi connectivity index (χ2v) is 6.45. The molecular formula is C19H23N3O2. The zero-order chi connectivity index (χ0) is 17.3. The second kappa shape index (κ2) is 6.63. The van der Waals surface area contributed by atoms with Crippen LogP contribution in [0.3, 0.4) is 0 Å². The van der Waals surface area contributed by atoms with Gasteiger partial charge in [0, 0.05) is 11.3 Å². The number of hydrazine groups is 1. The Hall–Kier alpha value is -2.37. The highest BCUT2D eigenvalue weighted by atomic mass is 16.3.